The van der Waals surface area contributed by atoms with E-state index in [1.807, 2.05) is 18.5 Å². The molecule has 100 valence electrons. The van der Waals surface area contributed by atoms with Crippen LogP contribution >= 0.6 is 0 Å². The van der Waals surface area contributed by atoms with E-state index in [2.05, 4.69) is 60.3 Å². The van der Waals surface area contributed by atoms with Crippen LogP contribution in [0.25, 0.3) is 0 Å². The number of hydrogen-bond donors (Lipinski definition) is 1. The lowest BCUT2D eigenvalue weighted by atomic mass is 9.82. The van der Waals surface area contributed by atoms with E-state index < -0.39 is 0 Å². The number of nitrogens with one attached hydrogen (secondary N) is 1. The highest BCUT2D eigenvalue weighted by molar-refractivity contribution is 5.21. The van der Waals surface area contributed by atoms with Crippen LogP contribution in [0, 0.1) is 5.41 Å². The molecule has 1 N–H and O–H groups in total. The Morgan fingerprint density at radius 1 is 1.05 bits per heavy atom. The predicted molar refractivity (Wildman–Crippen MR) is 77.5 cm³/mol. The van der Waals surface area contributed by atoms with Gasteiger partial charge in [-0.3, -0.25) is 0 Å². The molecule has 0 radical (unpaired) electrons. The van der Waals surface area contributed by atoms with Gasteiger partial charge in [0, 0.05) is 30.5 Å². The zero-order valence-corrected chi connectivity index (χ0v) is 11.8. The average molecular weight is 255 g/mol. The average Bonchev–Trinajstić information content (AvgIpc) is 2.40. The van der Waals surface area contributed by atoms with Crippen molar-refractivity contribution >= 4 is 0 Å². The Balaban J connectivity index is 2.12. The predicted octanol–water partition coefficient (Wildman–Crippen LogP) is 3.35. The van der Waals surface area contributed by atoms with E-state index in [-0.39, 0.29) is 5.41 Å². The zero-order chi connectivity index (χ0) is 13.7. The third-order valence-electron chi connectivity index (χ3n) is 3.12. The van der Waals surface area contributed by atoms with Crippen molar-refractivity contribution in [2.24, 2.45) is 5.41 Å². The van der Waals surface area contributed by atoms with Gasteiger partial charge in [-0.1, -0.05) is 51.1 Å². The third-order valence-corrected chi connectivity index (χ3v) is 3.12. The molecule has 0 fully saturated rings. The van der Waals surface area contributed by atoms with Gasteiger partial charge in [0.05, 0.1) is 0 Å². The van der Waals surface area contributed by atoms with E-state index in [4.69, 9.17) is 0 Å². The Morgan fingerprint density at radius 3 is 2.26 bits per heavy atom. The molecular weight excluding hydrogens is 234 g/mol. The maximum Gasteiger partial charge on any atom is 0.115 e. The smallest absolute Gasteiger partial charge is 0.115 e. The van der Waals surface area contributed by atoms with Crippen molar-refractivity contribution in [1.29, 1.82) is 0 Å². The summed E-state index contributed by atoms with van der Waals surface area (Å²) in [5.74, 6) is 0. The van der Waals surface area contributed by atoms with Gasteiger partial charge in [-0.05, 0) is 11.0 Å². The van der Waals surface area contributed by atoms with E-state index >= 15 is 0 Å². The van der Waals surface area contributed by atoms with Gasteiger partial charge >= 0.3 is 0 Å². The van der Waals surface area contributed by atoms with Crippen LogP contribution in [0.1, 0.15) is 37.9 Å². The number of aromatic nitrogens is 2. The summed E-state index contributed by atoms with van der Waals surface area (Å²) < 4.78 is 0. The first-order valence-electron chi connectivity index (χ1n) is 6.59. The number of hydrogen-bond acceptors (Lipinski definition) is 3. The molecule has 3 nitrogen and oxygen atoms in total. The summed E-state index contributed by atoms with van der Waals surface area (Å²) in [5, 5.41) is 3.61. The molecule has 2 aromatic rings. The van der Waals surface area contributed by atoms with E-state index in [0.717, 1.165) is 12.1 Å². The fourth-order valence-electron chi connectivity index (χ4n) is 2.21. The van der Waals surface area contributed by atoms with Crippen LogP contribution in [-0.2, 0) is 6.54 Å². The molecule has 0 bridgehead atoms. The molecule has 19 heavy (non-hydrogen) atoms. The maximum atomic E-state index is 4.05. The summed E-state index contributed by atoms with van der Waals surface area (Å²) in [4.78, 5) is 8.09. The summed E-state index contributed by atoms with van der Waals surface area (Å²) in [6.45, 7) is 7.52. The number of rotatable bonds is 4. The lowest BCUT2D eigenvalue weighted by Gasteiger charge is -2.32. The lowest BCUT2D eigenvalue weighted by Crippen LogP contribution is -2.32. The molecule has 1 aromatic heterocycles. The Kier molecular flexibility index (Phi) is 4.27. The van der Waals surface area contributed by atoms with Crippen LogP contribution in [0.5, 0.6) is 0 Å². The van der Waals surface area contributed by atoms with Gasteiger partial charge in [-0.25, -0.2) is 9.97 Å². The standard InChI is InChI=1S/C16H21N3/c1-16(2,3)15(14-7-5-4-6-8-14)19-11-13-9-17-12-18-10-13/h4-10,12,15,19H,11H2,1-3H3. The summed E-state index contributed by atoms with van der Waals surface area (Å²) >= 11 is 0. The number of benzene rings is 1. The van der Waals surface area contributed by atoms with Crippen molar-refractivity contribution in [2.45, 2.75) is 33.4 Å². The monoisotopic (exact) mass is 255 g/mol. The van der Waals surface area contributed by atoms with Gasteiger partial charge in [0.25, 0.3) is 0 Å². The molecule has 0 saturated carbocycles. The first kappa shape index (κ1) is 13.7. The second kappa shape index (κ2) is 5.93. The van der Waals surface area contributed by atoms with Gasteiger partial charge in [0.1, 0.15) is 6.33 Å². The van der Waals surface area contributed by atoms with Gasteiger partial charge in [0.2, 0.25) is 0 Å². The second-order valence-electron chi connectivity index (χ2n) is 5.84. The Morgan fingerprint density at radius 2 is 1.68 bits per heavy atom. The zero-order valence-electron chi connectivity index (χ0n) is 11.8. The van der Waals surface area contributed by atoms with Gasteiger partial charge < -0.3 is 5.32 Å². The van der Waals surface area contributed by atoms with Crippen molar-refractivity contribution in [3.8, 4) is 0 Å². The van der Waals surface area contributed by atoms with Gasteiger partial charge in [-0.2, -0.15) is 0 Å². The Labute approximate surface area is 115 Å². The fourth-order valence-corrected chi connectivity index (χ4v) is 2.21. The molecule has 0 aliphatic rings. The molecule has 1 unspecified atom stereocenters. The normalized spacial score (nSPS) is 13.2. The molecular formula is C16H21N3. The SMILES string of the molecule is CC(C)(C)C(NCc1cncnc1)c1ccccc1. The Bertz CT molecular complexity index is 488. The molecule has 0 saturated heterocycles. The summed E-state index contributed by atoms with van der Waals surface area (Å²) in [6, 6.07) is 10.9. The lowest BCUT2D eigenvalue weighted by molar-refractivity contribution is 0.271. The quantitative estimate of drug-likeness (QED) is 0.910. The van der Waals surface area contributed by atoms with E-state index in [1.54, 1.807) is 6.33 Å². The highest BCUT2D eigenvalue weighted by Gasteiger charge is 2.25. The Hall–Kier alpha value is -1.74. The molecule has 3 heteroatoms. The van der Waals surface area contributed by atoms with Crippen LogP contribution < -0.4 is 5.32 Å². The maximum absolute atomic E-state index is 4.05. The summed E-state index contributed by atoms with van der Waals surface area (Å²) in [7, 11) is 0. The minimum Gasteiger partial charge on any atom is -0.305 e. The summed E-state index contributed by atoms with van der Waals surface area (Å²) in [6.07, 6.45) is 5.26. The minimum atomic E-state index is 0.150. The highest BCUT2D eigenvalue weighted by atomic mass is 14.9. The van der Waals surface area contributed by atoms with Gasteiger partial charge in [-0.15, -0.1) is 0 Å². The largest absolute Gasteiger partial charge is 0.305 e. The molecule has 1 aromatic carbocycles. The summed E-state index contributed by atoms with van der Waals surface area (Å²) in [5.41, 5.74) is 2.57. The van der Waals surface area contributed by atoms with Gasteiger partial charge in [0.15, 0.2) is 0 Å². The first-order valence-corrected chi connectivity index (χ1v) is 6.59. The van der Waals surface area contributed by atoms with Crippen molar-refractivity contribution in [2.75, 3.05) is 0 Å². The molecule has 1 atom stereocenters. The van der Waals surface area contributed by atoms with Crippen LogP contribution in [0.4, 0.5) is 0 Å². The second-order valence-corrected chi connectivity index (χ2v) is 5.84. The van der Waals surface area contributed by atoms with Crippen molar-refractivity contribution in [3.05, 3.63) is 60.2 Å². The molecule has 1 heterocycles. The molecule has 2 rings (SSSR count). The highest BCUT2D eigenvalue weighted by Crippen LogP contribution is 2.32. The number of nitrogens with zero attached hydrogens (tertiary/aromatic N) is 2. The van der Waals surface area contributed by atoms with E-state index in [0.29, 0.717) is 6.04 Å². The molecule has 0 aliphatic carbocycles. The van der Waals surface area contributed by atoms with Crippen molar-refractivity contribution < 1.29 is 0 Å². The van der Waals surface area contributed by atoms with E-state index in [1.165, 1.54) is 5.56 Å². The van der Waals surface area contributed by atoms with Crippen molar-refractivity contribution in [3.63, 3.8) is 0 Å². The first-order chi connectivity index (χ1) is 9.07. The van der Waals surface area contributed by atoms with E-state index in [9.17, 15) is 0 Å². The minimum absolute atomic E-state index is 0.150. The fraction of sp³-hybridized carbons (Fsp3) is 0.375. The molecule has 0 amide bonds. The van der Waals surface area contributed by atoms with Crippen LogP contribution in [0.3, 0.4) is 0 Å². The molecule has 0 aliphatic heterocycles. The molecule has 0 spiro atoms. The van der Waals surface area contributed by atoms with Crippen LogP contribution in [0.15, 0.2) is 49.1 Å². The van der Waals surface area contributed by atoms with Crippen molar-refractivity contribution in [1.82, 2.24) is 15.3 Å². The third kappa shape index (κ3) is 3.86. The topological polar surface area (TPSA) is 37.8 Å². The van der Waals surface area contributed by atoms with Crippen LogP contribution in [-0.4, -0.2) is 9.97 Å². The van der Waals surface area contributed by atoms with Crippen LogP contribution in [0.2, 0.25) is 0 Å².